The van der Waals surface area contributed by atoms with E-state index in [2.05, 4.69) is 15.0 Å². The van der Waals surface area contributed by atoms with Gasteiger partial charge in [0.25, 0.3) is 5.91 Å². The maximum Gasteiger partial charge on any atom is 0.250 e. The van der Waals surface area contributed by atoms with Crippen LogP contribution in [-0.4, -0.2) is 50.3 Å². The van der Waals surface area contributed by atoms with Crippen molar-refractivity contribution >= 4 is 41.8 Å². The average Bonchev–Trinajstić information content (AvgIpc) is 3.31. The van der Waals surface area contributed by atoms with Crippen LogP contribution in [-0.2, 0) is 23.9 Å². The average molecular weight is 425 g/mol. The van der Waals surface area contributed by atoms with Crippen LogP contribution in [0.25, 0.3) is 11.0 Å². The number of likely N-dealkylation sites (N-methyl/N-ethyl adjacent to an activating group) is 1. The fourth-order valence-corrected chi connectivity index (χ4v) is 3.88. The van der Waals surface area contributed by atoms with Crippen molar-refractivity contribution in [1.29, 1.82) is 0 Å². The summed E-state index contributed by atoms with van der Waals surface area (Å²) in [6.45, 7) is 2.10. The van der Waals surface area contributed by atoms with Gasteiger partial charge in [-0.25, -0.2) is 4.98 Å². The van der Waals surface area contributed by atoms with Gasteiger partial charge in [-0.05, 0) is 44.1 Å². The van der Waals surface area contributed by atoms with Crippen molar-refractivity contribution in [3.63, 3.8) is 0 Å². The second-order valence-electron chi connectivity index (χ2n) is 6.97. The molecule has 1 saturated heterocycles. The fraction of sp³-hybridized carbons (Fsp3) is 0.421. The molecule has 1 aliphatic heterocycles. The molecule has 1 fully saturated rings. The smallest absolute Gasteiger partial charge is 0.250 e. The van der Waals surface area contributed by atoms with Crippen molar-refractivity contribution in [3.8, 4) is 0 Å². The molecule has 1 N–H and O–H groups in total. The molecule has 3 aromatic rings. The van der Waals surface area contributed by atoms with E-state index in [1.54, 1.807) is 11.1 Å². The summed E-state index contributed by atoms with van der Waals surface area (Å²) in [4.78, 5) is 19.9. The Morgan fingerprint density at radius 3 is 2.57 bits per heavy atom. The number of hydrogen-bond acceptors (Lipinski definition) is 4. The normalized spacial score (nSPS) is 15.5. The third kappa shape index (κ3) is 3.74. The maximum atomic E-state index is 13.4. The van der Waals surface area contributed by atoms with Gasteiger partial charge in [0.2, 0.25) is 0 Å². The Morgan fingerprint density at radius 1 is 1.21 bits per heavy atom. The summed E-state index contributed by atoms with van der Waals surface area (Å²) in [6, 6.07) is 9.91. The summed E-state index contributed by atoms with van der Waals surface area (Å²) >= 11 is 0. The molecule has 0 radical (unpaired) electrons. The second kappa shape index (κ2) is 8.94. The standard InChI is InChI=1S/C19H24N6O.2ClH/c1-23(14-17-22-15-6-3-4-7-16(15)24(17)2)18(26)19(8-11-20-12-9-19)25-13-5-10-21-25;;/h3-7,10,13,20H,8-9,11-12,14H2,1-2H3;2*1H. The number of benzene rings is 1. The van der Waals surface area contributed by atoms with Gasteiger partial charge in [0.15, 0.2) is 0 Å². The largest absolute Gasteiger partial charge is 0.336 e. The predicted molar refractivity (Wildman–Crippen MR) is 114 cm³/mol. The Hall–Kier alpha value is -2.09. The van der Waals surface area contributed by atoms with Gasteiger partial charge in [0.05, 0.1) is 17.6 Å². The highest BCUT2D eigenvalue weighted by Crippen LogP contribution is 2.29. The molecule has 0 aliphatic carbocycles. The van der Waals surface area contributed by atoms with Crippen molar-refractivity contribution < 1.29 is 4.79 Å². The van der Waals surface area contributed by atoms with Crippen molar-refractivity contribution in [1.82, 2.24) is 29.5 Å². The highest BCUT2D eigenvalue weighted by atomic mass is 35.5. The zero-order chi connectivity index (χ0) is 18.1. The number of fused-ring (bicyclic) bond motifs is 1. The van der Waals surface area contributed by atoms with E-state index in [0.717, 1.165) is 42.8 Å². The molecule has 0 spiro atoms. The Balaban J connectivity index is 0.00000140. The number of nitrogens with one attached hydrogen (secondary N) is 1. The van der Waals surface area contributed by atoms with Gasteiger partial charge in [0, 0.05) is 26.5 Å². The Morgan fingerprint density at radius 2 is 1.93 bits per heavy atom. The van der Waals surface area contributed by atoms with Crippen LogP contribution < -0.4 is 5.32 Å². The molecule has 3 heterocycles. The third-order valence-electron chi connectivity index (χ3n) is 5.38. The molecule has 0 saturated carbocycles. The fourth-order valence-electron chi connectivity index (χ4n) is 3.88. The van der Waals surface area contributed by atoms with Gasteiger partial charge in [-0.15, -0.1) is 24.8 Å². The highest BCUT2D eigenvalue weighted by molar-refractivity contribution is 5.86. The summed E-state index contributed by atoms with van der Waals surface area (Å²) in [7, 11) is 3.85. The van der Waals surface area contributed by atoms with Crippen molar-refractivity contribution in [2.45, 2.75) is 24.9 Å². The Labute approximate surface area is 176 Å². The summed E-state index contributed by atoms with van der Waals surface area (Å²) in [6.07, 6.45) is 5.11. The van der Waals surface area contributed by atoms with E-state index in [1.807, 2.05) is 55.3 Å². The monoisotopic (exact) mass is 424 g/mol. The van der Waals surface area contributed by atoms with E-state index in [9.17, 15) is 4.79 Å². The summed E-state index contributed by atoms with van der Waals surface area (Å²) in [5, 5.41) is 7.74. The molecular weight excluding hydrogens is 399 g/mol. The van der Waals surface area contributed by atoms with Crippen LogP contribution in [0, 0.1) is 0 Å². The number of nitrogens with zero attached hydrogens (tertiary/aromatic N) is 5. The van der Waals surface area contributed by atoms with Crippen LogP contribution in [0.3, 0.4) is 0 Å². The van der Waals surface area contributed by atoms with Gasteiger partial charge in [-0.2, -0.15) is 5.10 Å². The molecule has 0 bridgehead atoms. The van der Waals surface area contributed by atoms with E-state index < -0.39 is 5.54 Å². The van der Waals surface area contributed by atoms with Crippen LogP contribution >= 0.6 is 24.8 Å². The Bertz CT molecular complexity index is 918. The zero-order valence-electron chi connectivity index (χ0n) is 16.0. The molecule has 0 atom stereocenters. The molecule has 152 valence electrons. The second-order valence-corrected chi connectivity index (χ2v) is 6.97. The van der Waals surface area contributed by atoms with Crippen LogP contribution in [0.15, 0.2) is 42.7 Å². The summed E-state index contributed by atoms with van der Waals surface area (Å²) < 4.78 is 3.89. The first-order chi connectivity index (χ1) is 12.6. The molecule has 1 aliphatic rings. The van der Waals surface area contributed by atoms with Crippen molar-refractivity contribution in [2.24, 2.45) is 7.05 Å². The maximum absolute atomic E-state index is 13.4. The van der Waals surface area contributed by atoms with Crippen LogP contribution in [0.4, 0.5) is 0 Å². The minimum absolute atomic E-state index is 0. The molecule has 0 unspecified atom stereocenters. The molecule has 4 rings (SSSR count). The lowest BCUT2D eigenvalue weighted by atomic mass is 9.87. The first-order valence-electron chi connectivity index (χ1n) is 8.98. The number of carbonyl (C=O) groups is 1. The van der Waals surface area contributed by atoms with E-state index in [-0.39, 0.29) is 30.7 Å². The molecule has 1 amide bonds. The number of carbonyl (C=O) groups excluding carboxylic acids is 1. The minimum atomic E-state index is -0.617. The van der Waals surface area contributed by atoms with E-state index in [1.165, 1.54) is 0 Å². The number of amides is 1. The predicted octanol–water partition coefficient (Wildman–Crippen LogP) is 2.35. The topological polar surface area (TPSA) is 68.0 Å². The molecular formula is C19H26Cl2N6O. The van der Waals surface area contributed by atoms with Gasteiger partial charge in [-0.3, -0.25) is 9.48 Å². The van der Waals surface area contributed by atoms with Crippen LogP contribution in [0.2, 0.25) is 0 Å². The lowest BCUT2D eigenvalue weighted by Crippen LogP contribution is -2.54. The minimum Gasteiger partial charge on any atom is -0.336 e. The van der Waals surface area contributed by atoms with Crippen LogP contribution in [0.5, 0.6) is 0 Å². The number of para-hydroxylation sites is 2. The van der Waals surface area contributed by atoms with E-state index >= 15 is 0 Å². The number of halogens is 2. The van der Waals surface area contributed by atoms with Crippen molar-refractivity contribution in [3.05, 3.63) is 48.5 Å². The lowest BCUT2D eigenvalue weighted by molar-refractivity contribution is -0.142. The number of piperidine rings is 1. The SMILES string of the molecule is CN(Cc1nc2ccccc2n1C)C(=O)C1(n2cccn2)CCNCC1.Cl.Cl. The summed E-state index contributed by atoms with van der Waals surface area (Å²) in [5.41, 5.74) is 1.41. The molecule has 28 heavy (non-hydrogen) atoms. The third-order valence-corrected chi connectivity index (χ3v) is 5.38. The quantitative estimate of drug-likeness (QED) is 0.697. The van der Waals surface area contributed by atoms with Gasteiger partial charge >= 0.3 is 0 Å². The van der Waals surface area contributed by atoms with E-state index in [4.69, 9.17) is 4.98 Å². The molecule has 7 nitrogen and oxygen atoms in total. The number of imidazole rings is 1. The Kier molecular flexibility index (Phi) is 7.09. The first kappa shape index (κ1) is 22.2. The van der Waals surface area contributed by atoms with E-state index in [0.29, 0.717) is 6.54 Å². The molecule has 1 aromatic carbocycles. The highest BCUT2D eigenvalue weighted by Gasteiger charge is 2.43. The molecule has 2 aromatic heterocycles. The number of aromatic nitrogens is 4. The zero-order valence-corrected chi connectivity index (χ0v) is 17.7. The summed E-state index contributed by atoms with van der Waals surface area (Å²) in [5.74, 6) is 0.973. The van der Waals surface area contributed by atoms with Crippen LogP contribution in [0.1, 0.15) is 18.7 Å². The number of rotatable bonds is 4. The van der Waals surface area contributed by atoms with Gasteiger partial charge in [0.1, 0.15) is 11.4 Å². The van der Waals surface area contributed by atoms with Gasteiger partial charge < -0.3 is 14.8 Å². The number of aryl methyl sites for hydroxylation is 1. The number of hydrogen-bond donors (Lipinski definition) is 1. The first-order valence-corrected chi connectivity index (χ1v) is 8.98. The molecule has 9 heteroatoms. The van der Waals surface area contributed by atoms with Crippen molar-refractivity contribution in [2.75, 3.05) is 20.1 Å². The van der Waals surface area contributed by atoms with Gasteiger partial charge in [-0.1, -0.05) is 12.1 Å². The lowest BCUT2D eigenvalue weighted by Gasteiger charge is -2.39.